The fraction of sp³-hybridized carbons (Fsp3) is 0.647. The zero-order valence-corrected chi connectivity index (χ0v) is 16.7. The Labute approximate surface area is 172 Å². The fourth-order valence-corrected chi connectivity index (χ4v) is 3.65. The van der Waals surface area contributed by atoms with Crippen LogP contribution in [0.4, 0.5) is 5.82 Å². The van der Waals surface area contributed by atoms with Crippen molar-refractivity contribution in [3.05, 3.63) is 12.7 Å². The quantitative estimate of drug-likeness (QED) is 0.449. The van der Waals surface area contributed by atoms with Gasteiger partial charge in [0, 0.05) is 13.2 Å². The van der Waals surface area contributed by atoms with Crippen LogP contribution in [0.5, 0.6) is 0 Å². The van der Waals surface area contributed by atoms with Crippen molar-refractivity contribution in [2.75, 3.05) is 31.7 Å². The van der Waals surface area contributed by atoms with E-state index in [0.29, 0.717) is 36.7 Å². The Kier molecular flexibility index (Phi) is 6.06. The smallest absolute Gasteiger partial charge is 0.256 e. The molecular formula is C17H24N6O5S. The first kappa shape index (κ1) is 20.2. The lowest BCUT2D eigenvalue weighted by atomic mass is 10.1. The number of fused-ring (bicyclic) bond motifs is 1. The predicted octanol–water partition coefficient (Wildman–Crippen LogP) is -0.443. The van der Waals surface area contributed by atoms with Gasteiger partial charge in [0.15, 0.2) is 23.2 Å². The van der Waals surface area contributed by atoms with Crippen LogP contribution in [0.25, 0.3) is 11.2 Å². The molecule has 2 saturated heterocycles. The minimum atomic E-state index is -1.18. The average molecular weight is 424 g/mol. The zero-order chi connectivity index (χ0) is 20.4. The van der Waals surface area contributed by atoms with Gasteiger partial charge in [-0.15, -0.1) is 0 Å². The van der Waals surface area contributed by atoms with Crippen molar-refractivity contribution in [2.24, 2.45) is 0 Å². The average Bonchev–Trinajstić information content (AvgIpc) is 3.43. The molecule has 5 atom stereocenters. The lowest BCUT2D eigenvalue weighted by Gasteiger charge is -2.17. The van der Waals surface area contributed by atoms with E-state index >= 15 is 0 Å². The highest BCUT2D eigenvalue weighted by molar-refractivity contribution is 7.80. The largest absolute Gasteiger partial charge is 0.468 e. The molecule has 29 heavy (non-hydrogen) atoms. The number of nitrogens with zero attached hydrogens (tertiary/aromatic N) is 4. The first-order valence-corrected chi connectivity index (χ1v) is 9.93. The molecule has 0 saturated carbocycles. The van der Waals surface area contributed by atoms with Crippen LogP contribution in [-0.4, -0.2) is 85.6 Å². The Morgan fingerprint density at radius 3 is 2.97 bits per heavy atom. The molecular weight excluding hydrogens is 400 g/mol. The summed E-state index contributed by atoms with van der Waals surface area (Å²) in [6, 6.07) is 0.162. The van der Waals surface area contributed by atoms with E-state index in [4.69, 9.17) is 26.4 Å². The normalized spacial score (nSPS) is 29.3. The van der Waals surface area contributed by atoms with Gasteiger partial charge in [-0.05, 0) is 25.6 Å². The van der Waals surface area contributed by atoms with E-state index in [0.717, 1.165) is 6.42 Å². The van der Waals surface area contributed by atoms with Crippen molar-refractivity contribution >= 4 is 34.4 Å². The third-order valence-electron chi connectivity index (χ3n) is 4.94. The highest BCUT2D eigenvalue weighted by Gasteiger charge is 2.44. The zero-order valence-electron chi connectivity index (χ0n) is 15.9. The molecule has 11 nitrogen and oxygen atoms in total. The summed E-state index contributed by atoms with van der Waals surface area (Å²) in [6.07, 6.45) is -0.109. The van der Waals surface area contributed by atoms with Crippen LogP contribution in [0, 0.1) is 0 Å². The van der Waals surface area contributed by atoms with Crippen LogP contribution >= 0.6 is 12.2 Å². The second-order valence-corrected chi connectivity index (χ2v) is 7.30. The summed E-state index contributed by atoms with van der Waals surface area (Å²) in [6.45, 7) is 3.85. The van der Waals surface area contributed by atoms with Gasteiger partial charge in [-0.3, -0.25) is 4.57 Å². The van der Waals surface area contributed by atoms with Gasteiger partial charge in [-0.25, -0.2) is 15.0 Å². The van der Waals surface area contributed by atoms with E-state index < -0.39 is 24.5 Å². The summed E-state index contributed by atoms with van der Waals surface area (Å²) < 4.78 is 18.2. The molecule has 0 aliphatic carbocycles. The van der Waals surface area contributed by atoms with Crippen molar-refractivity contribution < 1.29 is 24.4 Å². The molecule has 0 amide bonds. The molecule has 0 aromatic carbocycles. The Morgan fingerprint density at radius 1 is 1.34 bits per heavy atom. The van der Waals surface area contributed by atoms with Gasteiger partial charge in [-0.1, -0.05) is 0 Å². The van der Waals surface area contributed by atoms with E-state index in [9.17, 15) is 10.2 Å². The van der Waals surface area contributed by atoms with Gasteiger partial charge in [0.25, 0.3) is 5.17 Å². The Balaban J connectivity index is 1.51. The number of aliphatic hydroxyl groups is 2. The second-order valence-electron chi connectivity index (χ2n) is 6.93. The van der Waals surface area contributed by atoms with Gasteiger partial charge in [-0.2, -0.15) is 0 Å². The lowest BCUT2D eigenvalue weighted by Crippen LogP contribution is -2.35. The van der Waals surface area contributed by atoms with Crippen LogP contribution in [0.2, 0.25) is 0 Å². The maximum atomic E-state index is 10.5. The summed E-state index contributed by atoms with van der Waals surface area (Å²) >= 11 is 5.02. The topological polar surface area (TPSA) is 136 Å². The maximum absolute atomic E-state index is 10.5. The number of aromatic nitrogens is 4. The number of nitrogens with one attached hydrogen (secondary N) is 2. The van der Waals surface area contributed by atoms with Crippen molar-refractivity contribution in [1.29, 1.82) is 0 Å². The van der Waals surface area contributed by atoms with E-state index in [-0.39, 0.29) is 17.8 Å². The van der Waals surface area contributed by atoms with Crippen LogP contribution in [0.1, 0.15) is 19.6 Å². The minimum absolute atomic E-state index is 0.0106. The second kappa shape index (κ2) is 8.71. The number of hydrogen-bond acceptors (Lipinski definition) is 10. The van der Waals surface area contributed by atoms with Crippen molar-refractivity contribution in [2.45, 2.75) is 43.9 Å². The number of rotatable bonds is 6. The molecule has 0 radical (unpaired) electrons. The predicted molar refractivity (Wildman–Crippen MR) is 106 cm³/mol. The first-order valence-electron chi connectivity index (χ1n) is 9.52. The van der Waals surface area contributed by atoms with Gasteiger partial charge in [0.1, 0.15) is 31.2 Å². The molecule has 158 valence electrons. The molecule has 2 aliphatic rings. The van der Waals surface area contributed by atoms with Crippen molar-refractivity contribution in [3.8, 4) is 0 Å². The van der Waals surface area contributed by atoms with E-state index in [1.807, 2.05) is 6.92 Å². The van der Waals surface area contributed by atoms with E-state index in [2.05, 4.69) is 25.6 Å². The minimum Gasteiger partial charge on any atom is -0.468 e. The molecule has 1 unspecified atom stereocenters. The Morgan fingerprint density at radius 2 is 2.21 bits per heavy atom. The molecule has 2 aromatic heterocycles. The molecule has 12 heteroatoms. The van der Waals surface area contributed by atoms with Gasteiger partial charge >= 0.3 is 0 Å². The van der Waals surface area contributed by atoms with E-state index in [1.54, 1.807) is 4.57 Å². The van der Waals surface area contributed by atoms with Crippen molar-refractivity contribution in [3.63, 3.8) is 0 Å². The maximum Gasteiger partial charge on any atom is 0.256 e. The molecule has 4 rings (SSSR count). The number of hydrogen-bond donors (Lipinski definition) is 4. The summed E-state index contributed by atoms with van der Waals surface area (Å²) in [4.78, 5) is 13.0. The van der Waals surface area contributed by atoms with Crippen LogP contribution in [0.3, 0.4) is 0 Å². The van der Waals surface area contributed by atoms with Crippen molar-refractivity contribution in [1.82, 2.24) is 24.8 Å². The number of imidazole rings is 1. The first-order chi connectivity index (χ1) is 14.1. The third kappa shape index (κ3) is 4.12. The Bertz CT molecular complexity index is 860. The third-order valence-corrected chi connectivity index (χ3v) is 5.20. The molecule has 2 fully saturated rings. The molecule has 4 heterocycles. The van der Waals surface area contributed by atoms with Crippen LogP contribution < -0.4 is 10.6 Å². The molecule has 0 spiro atoms. The summed E-state index contributed by atoms with van der Waals surface area (Å²) in [7, 11) is 0. The van der Waals surface area contributed by atoms with Gasteiger partial charge in [0.2, 0.25) is 0 Å². The van der Waals surface area contributed by atoms with Crippen LogP contribution in [0.15, 0.2) is 12.7 Å². The molecule has 4 N–H and O–H groups in total. The number of ether oxygens (including phenoxy) is 3. The number of thiocarbonyl (C=S) groups is 1. The fourth-order valence-electron chi connectivity index (χ4n) is 3.44. The standard InChI is InChI=1S/C17H24N6O5S/c1-2-18-17(29)27-6-10-12(24)13(25)16(28-10)23-8-21-11-14(19-7-20-15(11)23)22-9-3-4-26-5-9/h7-10,12-13,16,24-25H,2-6H2,1H3,(H,18,29)(H,19,20,22)/t9-,10-,12-,13-,16?/m1/s1. The lowest BCUT2D eigenvalue weighted by molar-refractivity contribution is -0.0491. The summed E-state index contributed by atoms with van der Waals surface area (Å²) in [5.41, 5.74) is 1.04. The summed E-state index contributed by atoms with van der Waals surface area (Å²) in [5.74, 6) is 0.591. The molecule has 2 aromatic rings. The van der Waals surface area contributed by atoms with E-state index in [1.165, 1.54) is 12.7 Å². The van der Waals surface area contributed by atoms with Gasteiger partial charge < -0.3 is 35.1 Å². The molecule has 2 aliphatic heterocycles. The number of anilines is 1. The summed E-state index contributed by atoms with van der Waals surface area (Å²) in [5, 5.41) is 27.3. The Hall–Kier alpha value is -2.12. The highest BCUT2D eigenvalue weighted by atomic mass is 32.1. The van der Waals surface area contributed by atoms with Gasteiger partial charge in [0.05, 0.1) is 19.0 Å². The van der Waals surface area contributed by atoms with Crippen LogP contribution in [-0.2, 0) is 14.2 Å². The SMILES string of the molecule is CCNC(=S)OC[C@H]1OC(n2cnc3c(N[C@@H]4CCOC4)ncnc32)[C@H](O)[C@@H]1O. The monoisotopic (exact) mass is 424 g/mol. The number of aliphatic hydroxyl groups excluding tert-OH is 2. The molecule has 0 bridgehead atoms. The highest BCUT2D eigenvalue weighted by Crippen LogP contribution is 2.32.